The van der Waals surface area contributed by atoms with Gasteiger partial charge in [0.25, 0.3) is 0 Å². The fourth-order valence-corrected chi connectivity index (χ4v) is 6.29. The lowest BCUT2D eigenvalue weighted by atomic mass is 9.96. The minimum absolute atomic E-state index is 0.0121. The summed E-state index contributed by atoms with van der Waals surface area (Å²) >= 11 is 0. The normalized spacial score (nSPS) is 11.4. The molecule has 42 heavy (non-hydrogen) atoms. The van der Waals surface area contributed by atoms with Gasteiger partial charge in [0, 0.05) is 0 Å². The summed E-state index contributed by atoms with van der Waals surface area (Å²) in [5.41, 5.74) is 1.98. The van der Waals surface area contributed by atoms with E-state index in [4.69, 9.17) is 0 Å². The molecule has 1 aromatic rings. The maximum absolute atomic E-state index is 11.8. The number of aromatic carboxylic acids is 1. The molecule has 244 valence electrons. The fraction of sp³-hybridized carbons (Fsp3) is 0.821. The average molecular weight is 587 g/mol. The number of phenols is 1. The number of unbranched alkanes of at least 4 members (excludes halogenated alkanes) is 26. The molecule has 0 aliphatic carbocycles. The van der Waals surface area contributed by atoms with Crippen LogP contribution in [0.5, 0.6) is 5.75 Å². The van der Waals surface area contributed by atoms with E-state index in [9.17, 15) is 15.0 Å². The number of aryl methyl sites for hydroxylation is 2. The number of rotatable bonds is 31. The number of hydrogen-bond acceptors (Lipinski definition) is 2. The second-order valence-electron chi connectivity index (χ2n) is 13.1. The lowest BCUT2D eigenvalue weighted by Gasteiger charge is -2.11. The Morgan fingerprint density at radius 2 is 0.786 bits per heavy atom. The van der Waals surface area contributed by atoms with Crippen LogP contribution in [0.15, 0.2) is 12.1 Å². The first kappa shape index (κ1) is 38.5. The lowest BCUT2D eigenvalue weighted by Crippen LogP contribution is -2.02. The predicted octanol–water partition coefficient (Wildman–Crippen LogP) is 13.1. The van der Waals surface area contributed by atoms with Crippen molar-refractivity contribution in [1.29, 1.82) is 0 Å². The highest BCUT2D eigenvalue weighted by atomic mass is 16.4. The minimum atomic E-state index is -1.02. The van der Waals surface area contributed by atoms with Gasteiger partial charge in [0.05, 0.1) is 0 Å². The first-order valence-electron chi connectivity index (χ1n) is 18.7. The molecular weight excluding hydrogens is 516 g/mol. The van der Waals surface area contributed by atoms with Crippen LogP contribution < -0.4 is 0 Å². The first-order valence-corrected chi connectivity index (χ1v) is 18.7. The van der Waals surface area contributed by atoms with E-state index in [0.717, 1.165) is 43.2 Å². The zero-order valence-corrected chi connectivity index (χ0v) is 28.2. The van der Waals surface area contributed by atoms with Crippen molar-refractivity contribution >= 4 is 5.97 Å². The van der Waals surface area contributed by atoms with E-state index in [2.05, 4.69) is 19.9 Å². The summed E-state index contributed by atoms with van der Waals surface area (Å²) in [4.78, 5) is 11.8. The van der Waals surface area contributed by atoms with Crippen molar-refractivity contribution < 1.29 is 15.0 Å². The Morgan fingerprint density at radius 3 is 1.12 bits per heavy atom. The van der Waals surface area contributed by atoms with Crippen molar-refractivity contribution in [2.75, 3.05) is 0 Å². The number of aromatic hydroxyl groups is 1. The average Bonchev–Trinajstić information content (AvgIpc) is 2.98. The zero-order valence-electron chi connectivity index (χ0n) is 28.2. The van der Waals surface area contributed by atoms with Crippen LogP contribution in [0.3, 0.4) is 0 Å². The Hall–Kier alpha value is -1.51. The number of benzene rings is 1. The maximum atomic E-state index is 11.8. The van der Waals surface area contributed by atoms with Crippen LogP contribution in [0, 0.1) is 0 Å². The molecule has 0 aromatic heterocycles. The number of hydrogen-bond donors (Lipinski definition) is 2. The molecule has 0 fully saturated rings. The molecule has 2 N–H and O–H groups in total. The van der Waals surface area contributed by atoms with Crippen molar-refractivity contribution in [2.45, 2.75) is 206 Å². The Balaban J connectivity index is 2.15. The molecule has 0 aliphatic rings. The zero-order chi connectivity index (χ0) is 30.5. The van der Waals surface area contributed by atoms with Crippen LogP contribution in [-0.2, 0) is 12.8 Å². The van der Waals surface area contributed by atoms with Gasteiger partial charge in [0.15, 0.2) is 0 Å². The maximum Gasteiger partial charge on any atom is 0.339 e. The van der Waals surface area contributed by atoms with Gasteiger partial charge in [-0.25, -0.2) is 4.79 Å². The van der Waals surface area contributed by atoms with Crippen LogP contribution in [0.25, 0.3) is 0 Å². The van der Waals surface area contributed by atoms with Crippen molar-refractivity contribution in [3.8, 4) is 5.75 Å². The van der Waals surface area contributed by atoms with E-state index in [1.165, 1.54) is 161 Å². The highest BCUT2D eigenvalue weighted by molar-refractivity contribution is 5.91. The molecule has 0 saturated heterocycles. The summed E-state index contributed by atoms with van der Waals surface area (Å²) < 4.78 is 0. The largest absolute Gasteiger partial charge is 0.507 e. The van der Waals surface area contributed by atoms with E-state index in [-0.39, 0.29) is 11.3 Å². The molecule has 0 amide bonds. The Kier molecular flexibility index (Phi) is 25.9. The molecule has 0 unspecified atom stereocenters. The number of carbonyl (C=O) groups is 1. The number of carboxylic acid groups (broad SMARTS) is 1. The van der Waals surface area contributed by atoms with Gasteiger partial charge in [-0.3, -0.25) is 0 Å². The summed E-state index contributed by atoms with van der Waals surface area (Å²) in [6, 6.07) is 3.78. The van der Waals surface area contributed by atoms with Gasteiger partial charge < -0.3 is 10.2 Å². The summed E-state index contributed by atoms with van der Waals surface area (Å²) in [7, 11) is 0. The third-order valence-electron chi connectivity index (χ3n) is 9.10. The second kappa shape index (κ2) is 28.3. The van der Waals surface area contributed by atoms with Crippen molar-refractivity contribution in [1.82, 2.24) is 0 Å². The van der Waals surface area contributed by atoms with Gasteiger partial charge in [-0.05, 0) is 42.9 Å². The minimum Gasteiger partial charge on any atom is -0.507 e. The molecule has 3 nitrogen and oxygen atoms in total. The fourth-order valence-electron chi connectivity index (χ4n) is 6.29. The molecule has 0 bridgehead atoms. The summed E-state index contributed by atoms with van der Waals surface area (Å²) in [6.07, 6.45) is 39.0. The Bertz CT molecular complexity index is 756. The molecular formula is C39H70O3. The summed E-state index contributed by atoms with van der Waals surface area (Å²) in [5.74, 6) is -1.03. The summed E-state index contributed by atoms with van der Waals surface area (Å²) in [5, 5.41) is 20.2. The van der Waals surface area contributed by atoms with Crippen LogP contribution in [0.1, 0.15) is 215 Å². The SMILES string of the molecule is CCCCCCCCCCCCCCCCc1cc(CCCCCCCCCCCCCCCC)c(O)c(C(=O)O)c1. The van der Waals surface area contributed by atoms with Crippen LogP contribution in [-0.4, -0.2) is 16.2 Å². The standard InChI is InChI=1S/C39H70O3/c1-3-5-7-9-11-13-15-17-19-21-23-25-27-29-31-35-33-36(38(40)37(34-35)39(41)42)32-30-28-26-24-22-20-18-16-14-12-10-8-6-4-2/h33-34,40H,3-32H2,1-2H3,(H,41,42). The van der Waals surface area contributed by atoms with Gasteiger partial charge in [-0.2, -0.15) is 0 Å². The first-order chi connectivity index (χ1) is 20.6. The van der Waals surface area contributed by atoms with Gasteiger partial charge >= 0.3 is 5.97 Å². The smallest absolute Gasteiger partial charge is 0.339 e. The third-order valence-corrected chi connectivity index (χ3v) is 9.10. The monoisotopic (exact) mass is 587 g/mol. The highest BCUT2D eigenvalue weighted by Gasteiger charge is 2.15. The third kappa shape index (κ3) is 21.2. The Labute approximate surface area is 261 Å². The van der Waals surface area contributed by atoms with E-state index in [1.54, 1.807) is 6.07 Å². The molecule has 0 atom stereocenters. The quantitative estimate of drug-likeness (QED) is 0.0851. The van der Waals surface area contributed by atoms with Crippen LogP contribution >= 0.6 is 0 Å². The van der Waals surface area contributed by atoms with Crippen LogP contribution in [0.2, 0.25) is 0 Å². The van der Waals surface area contributed by atoms with Gasteiger partial charge in [-0.1, -0.05) is 187 Å². The van der Waals surface area contributed by atoms with Crippen molar-refractivity contribution in [3.63, 3.8) is 0 Å². The number of carboxylic acids is 1. The topological polar surface area (TPSA) is 57.5 Å². The molecule has 0 aliphatic heterocycles. The van der Waals surface area contributed by atoms with E-state index in [1.807, 2.05) is 0 Å². The van der Waals surface area contributed by atoms with E-state index < -0.39 is 5.97 Å². The molecule has 0 radical (unpaired) electrons. The molecule has 0 saturated carbocycles. The molecule has 1 aromatic carbocycles. The van der Waals surface area contributed by atoms with Crippen molar-refractivity contribution in [2.24, 2.45) is 0 Å². The van der Waals surface area contributed by atoms with Gasteiger partial charge in [-0.15, -0.1) is 0 Å². The van der Waals surface area contributed by atoms with Crippen LogP contribution in [0.4, 0.5) is 0 Å². The van der Waals surface area contributed by atoms with Crippen molar-refractivity contribution in [3.05, 3.63) is 28.8 Å². The highest BCUT2D eigenvalue weighted by Crippen LogP contribution is 2.28. The summed E-state index contributed by atoms with van der Waals surface area (Å²) in [6.45, 7) is 4.56. The molecule has 0 spiro atoms. The van der Waals surface area contributed by atoms with Gasteiger partial charge in [0.1, 0.15) is 11.3 Å². The predicted molar refractivity (Wildman–Crippen MR) is 183 cm³/mol. The second-order valence-corrected chi connectivity index (χ2v) is 13.1. The molecule has 1 rings (SSSR count). The molecule has 3 heteroatoms. The molecule has 0 heterocycles. The van der Waals surface area contributed by atoms with E-state index in [0.29, 0.717) is 0 Å². The Morgan fingerprint density at radius 1 is 0.476 bits per heavy atom. The van der Waals surface area contributed by atoms with Gasteiger partial charge in [0.2, 0.25) is 0 Å². The lowest BCUT2D eigenvalue weighted by molar-refractivity contribution is 0.0693. The van der Waals surface area contributed by atoms with E-state index >= 15 is 0 Å².